The maximum absolute atomic E-state index is 4.34. The van der Waals surface area contributed by atoms with Crippen LogP contribution in [0.1, 0.15) is 24.3 Å². The van der Waals surface area contributed by atoms with Gasteiger partial charge in [0.2, 0.25) is 0 Å². The minimum atomic E-state index is 0.640. The molecule has 0 unspecified atom stereocenters. The van der Waals surface area contributed by atoms with E-state index in [0.29, 0.717) is 5.92 Å². The van der Waals surface area contributed by atoms with Crippen LogP contribution in [-0.2, 0) is 7.05 Å². The van der Waals surface area contributed by atoms with E-state index in [1.165, 1.54) is 23.8 Å². The van der Waals surface area contributed by atoms with Gasteiger partial charge in [0, 0.05) is 18.6 Å². The van der Waals surface area contributed by atoms with Crippen LogP contribution in [0.4, 0.5) is 0 Å². The molecule has 1 N–H and O–H groups in total. The Morgan fingerprint density at radius 2 is 2.06 bits per heavy atom. The summed E-state index contributed by atoms with van der Waals surface area (Å²) in [5, 5.41) is 8.98. The molecular formula is C12H16N4. The Hall–Kier alpha value is -1.42. The molecule has 0 atom stereocenters. The first-order valence-corrected chi connectivity index (χ1v) is 5.82. The monoisotopic (exact) mass is 216 g/mol. The Balaban J connectivity index is 2.08. The van der Waals surface area contributed by atoms with Gasteiger partial charge < -0.3 is 5.32 Å². The van der Waals surface area contributed by atoms with Gasteiger partial charge in [0.15, 0.2) is 0 Å². The van der Waals surface area contributed by atoms with Crippen LogP contribution in [0.15, 0.2) is 18.6 Å². The van der Waals surface area contributed by atoms with Crippen LogP contribution in [0.5, 0.6) is 0 Å². The number of hydrogen-bond donors (Lipinski definition) is 1. The SMILES string of the molecule is Cn1ncc2c(C3CCNCC3)cncc21. The fraction of sp³-hybridized carbons (Fsp3) is 0.500. The molecule has 4 nitrogen and oxygen atoms in total. The van der Waals surface area contributed by atoms with Gasteiger partial charge in [-0.15, -0.1) is 0 Å². The molecule has 1 aliphatic heterocycles. The minimum Gasteiger partial charge on any atom is -0.317 e. The van der Waals surface area contributed by atoms with E-state index in [4.69, 9.17) is 0 Å². The van der Waals surface area contributed by atoms with Crippen LogP contribution in [0.3, 0.4) is 0 Å². The van der Waals surface area contributed by atoms with Crippen molar-refractivity contribution in [3.63, 3.8) is 0 Å². The molecule has 0 radical (unpaired) electrons. The lowest BCUT2D eigenvalue weighted by Crippen LogP contribution is -2.26. The van der Waals surface area contributed by atoms with Gasteiger partial charge in [0.25, 0.3) is 0 Å². The number of piperidine rings is 1. The molecule has 0 aliphatic carbocycles. The molecule has 0 amide bonds. The van der Waals surface area contributed by atoms with E-state index in [-0.39, 0.29) is 0 Å². The van der Waals surface area contributed by atoms with Gasteiger partial charge in [-0.1, -0.05) is 0 Å². The number of nitrogens with one attached hydrogen (secondary N) is 1. The molecular weight excluding hydrogens is 200 g/mol. The Morgan fingerprint density at radius 1 is 1.25 bits per heavy atom. The summed E-state index contributed by atoms with van der Waals surface area (Å²) in [6.07, 6.45) is 8.28. The molecule has 3 heterocycles. The first-order valence-electron chi connectivity index (χ1n) is 5.82. The summed E-state index contributed by atoms with van der Waals surface area (Å²) >= 11 is 0. The van der Waals surface area contributed by atoms with E-state index in [1.54, 1.807) is 0 Å². The minimum absolute atomic E-state index is 0.640. The third kappa shape index (κ3) is 1.50. The van der Waals surface area contributed by atoms with Crippen LogP contribution in [-0.4, -0.2) is 27.9 Å². The molecule has 0 aromatic carbocycles. The maximum atomic E-state index is 4.34. The molecule has 1 saturated heterocycles. The first-order chi connectivity index (χ1) is 7.86. The second kappa shape index (κ2) is 3.87. The highest BCUT2D eigenvalue weighted by Crippen LogP contribution is 2.30. The molecule has 4 heteroatoms. The van der Waals surface area contributed by atoms with Crippen LogP contribution < -0.4 is 5.32 Å². The summed E-state index contributed by atoms with van der Waals surface area (Å²) in [6, 6.07) is 0. The van der Waals surface area contributed by atoms with Gasteiger partial charge in [0.1, 0.15) is 0 Å². The van der Waals surface area contributed by atoms with Crippen molar-refractivity contribution >= 4 is 10.9 Å². The summed E-state index contributed by atoms with van der Waals surface area (Å²) in [4.78, 5) is 4.34. The highest BCUT2D eigenvalue weighted by atomic mass is 15.2. The van der Waals surface area contributed by atoms with E-state index in [0.717, 1.165) is 18.6 Å². The zero-order chi connectivity index (χ0) is 11.0. The normalized spacial score (nSPS) is 18.1. The highest BCUT2D eigenvalue weighted by molar-refractivity contribution is 5.81. The van der Waals surface area contributed by atoms with Crippen molar-refractivity contribution in [3.8, 4) is 0 Å². The molecule has 0 saturated carbocycles. The lowest BCUT2D eigenvalue weighted by atomic mass is 9.89. The lowest BCUT2D eigenvalue weighted by Gasteiger charge is -2.23. The van der Waals surface area contributed by atoms with Crippen molar-refractivity contribution in [2.24, 2.45) is 7.05 Å². The number of aromatic nitrogens is 3. The standard InChI is InChI=1S/C12H16N4/c1-16-12-8-14-6-10(11(12)7-15-16)9-2-4-13-5-3-9/h6-9,13H,2-5H2,1H3. The molecule has 3 rings (SSSR count). The molecule has 0 spiro atoms. The fourth-order valence-electron chi connectivity index (χ4n) is 2.54. The molecule has 84 valence electrons. The third-order valence-corrected chi connectivity index (χ3v) is 3.49. The largest absolute Gasteiger partial charge is 0.317 e. The molecule has 2 aromatic rings. The van der Waals surface area contributed by atoms with Crippen LogP contribution >= 0.6 is 0 Å². The summed E-state index contributed by atoms with van der Waals surface area (Å²) in [5.74, 6) is 0.640. The summed E-state index contributed by atoms with van der Waals surface area (Å²) in [5.41, 5.74) is 2.50. The van der Waals surface area contributed by atoms with Crippen molar-refractivity contribution in [1.82, 2.24) is 20.1 Å². The fourth-order valence-corrected chi connectivity index (χ4v) is 2.54. The van der Waals surface area contributed by atoms with Crippen molar-refractivity contribution in [3.05, 3.63) is 24.2 Å². The Kier molecular flexibility index (Phi) is 2.36. The van der Waals surface area contributed by atoms with E-state index in [1.807, 2.05) is 30.3 Å². The number of fused-ring (bicyclic) bond motifs is 1. The van der Waals surface area contributed by atoms with E-state index in [2.05, 4.69) is 15.4 Å². The number of nitrogens with zero attached hydrogens (tertiary/aromatic N) is 3. The van der Waals surface area contributed by atoms with Crippen molar-refractivity contribution in [2.75, 3.05) is 13.1 Å². The van der Waals surface area contributed by atoms with Gasteiger partial charge in [-0.2, -0.15) is 5.10 Å². The number of pyridine rings is 1. The van der Waals surface area contributed by atoms with Crippen LogP contribution in [0.2, 0.25) is 0 Å². The van der Waals surface area contributed by atoms with Gasteiger partial charge >= 0.3 is 0 Å². The van der Waals surface area contributed by atoms with Crippen molar-refractivity contribution in [2.45, 2.75) is 18.8 Å². The third-order valence-electron chi connectivity index (χ3n) is 3.49. The van der Waals surface area contributed by atoms with Crippen LogP contribution in [0, 0.1) is 0 Å². The maximum Gasteiger partial charge on any atom is 0.0865 e. The topological polar surface area (TPSA) is 42.7 Å². The quantitative estimate of drug-likeness (QED) is 0.784. The molecule has 2 aromatic heterocycles. The highest BCUT2D eigenvalue weighted by Gasteiger charge is 2.18. The predicted octanol–water partition coefficient (Wildman–Crippen LogP) is 1.44. The number of rotatable bonds is 1. The number of hydrogen-bond acceptors (Lipinski definition) is 3. The zero-order valence-electron chi connectivity index (χ0n) is 9.48. The average molecular weight is 216 g/mol. The summed E-state index contributed by atoms with van der Waals surface area (Å²) in [6.45, 7) is 2.22. The lowest BCUT2D eigenvalue weighted by molar-refractivity contribution is 0.461. The smallest absolute Gasteiger partial charge is 0.0865 e. The van der Waals surface area contributed by atoms with E-state index >= 15 is 0 Å². The Morgan fingerprint density at radius 3 is 2.88 bits per heavy atom. The van der Waals surface area contributed by atoms with Crippen LogP contribution in [0.25, 0.3) is 10.9 Å². The average Bonchev–Trinajstić information content (AvgIpc) is 2.73. The Bertz CT molecular complexity index is 497. The molecule has 0 bridgehead atoms. The number of aryl methyl sites for hydroxylation is 1. The molecule has 16 heavy (non-hydrogen) atoms. The van der Waals surface area contributed by atoms with Gasteiger partial charge in [-0.25, -0.2) is 0 Å². The van der Waals surface area contributed by atoms with E-state index < -0.39 is 0 Å². The second-order valence-electron chi connectivity index (χ2n) is 4.45. The first kappa shape index (κ1) is 9.78. The zero-order valence-corrected chi connectivity index (χ0v) is 9.48. The molecule has 1 aliphatic rings. The Labute approximate surface area is 94.7 Å². The summed E-state index contributed by atoms with van der Waals surface area (Å²) < 4.78 is 1.90. The van der Waals surface area contributed by atoms with Gasteiger partial charge in [-0.05, 0) is 37.4 Å². The second-order valence-corrected chi connectivity index (χ2v) is 4.45. The summed E-state index contributed by atoms with van der Waals surface area (Å²) in [7, 11) is 1.97. The van der Waals surface area contributed by atoms with Gasteiger partial charge in [-0.3, -0.25) is 9.67 Å². The van der Waals surface area contributed by atoms with Crippen molar-refractivity contribution in [1.29, 1.82) is 0 Å². The molecule has 1 fully saturated rings. The van der Waals surface area contributed by atoms with E-state index in [9.17, 15) is 0 Å². The van der Waals surface area contributed by atoms with Crippen molar-refractivity contribution < 1.29 is 0 Å². The van der Waals surface area contributed by atoms with Gasteiger partial charge in [0.05, 0.1) is 17.9 Å². The predicted molar refractivity (Wildman–Crippen MR) is 63.4 cm³/mol.